The number of esters is 1. The third-order valence-electron chi connectivity index (χ3n) is 6.40. The molecule has 3 rings (SSSR count). The van der Waals surface area contributed by atoms with Gasteiger partial charge in [0.05, 0.1) is 6.20 Å². The number of carbonyl (C=O) groups excluding carboxylic acids is 2. The number of benzene rings is 2. The SMILES string of the molecule is CC(C)(C)OC(=O)N[C@@H](Cc1ccc(N2C=C(O)N(CC[Si](C)(C)C)S2(=O)=O)c(OCc2ccccc2)c1)C(=O)OC(C)(C)C. The van der Waals surface area contributed by atoms with Crippen LogP contribution in [-0.4, -0.2) is 61.8 Å². The molecule has 2 aromatic carbocycles. The Labute approximate surface area is 268 Å². The fraction of sp³-hybridized carbons (Fsp3) is 0.500. The second-order valence-corrected chi connectivity index (χ2v) is 21.5. The van der Waals surface area contributed by atoms with Gasteiger partial charge in [0.25, 0.3) is 0 Å². The van der Waals surface area contributed by atoms with Crippen molar-refractivity contribution in [1.82, 2.24) is 9.62 Å². The van der Waals surface area contributed by atoms with E-state index < -0.39 is 47.6 Å². The molecule has 0 saturated carbocycles. The summed E-state index contributed by atoms with van der Waals surface area (Å²) in [6, 6.07) is 13.7. The van der Waals surface area contributed by atoms with E-state index in [1.807, 2.05) is 30.3 Å². The molecule has 13 heteroatoms. The van der Waals surface area contributed by atoms with Gasteiger partial charge in [-0.15, -0.1) is 0 Å². The van der Waals surface area contributed by atoms with Crippen molar-refractivity contribution >= 4 is 36.0 Å². The van der Waals surface area contributed by atoms with Crippen LogP contribution >= 0.6 is 0 Å². The maximum Gasteiger partial charge on any atom is 0.408 e. The van der Waals surface area contributed by atoms with E-state index >= 15 is 0 Å². The highest BCUT2D eigenvalue weighted by Crippen LogP contribution is 2.38. The van der Waals surface area contributed by atoms with Crippen molar-refractivity contribution in [2.24, 2.45) is 0 Å². The number of aliphatic hydroxyl groups excluding tert-OH is 1. The minimum absolute atomic E-state index is 0.00626. The summed E-state index contributed by atoms with van der Waals surface area (Å²) in [5.41, 5.74) is 0.0102. The Morgan fingerprint density at radius 1 is 0.933 bits per heavy atom. The fourth-order valence-electron chi connectivity index (χ4n) is 4.29. The Morgan fingerprint density at radius 3 is 2.13 bits per heavy atom. The number of hydrogen-bond acceptors (Lipinski definition) is 8. The topological polar surface area (TPSA) is 135 Å². The van der Waals surface area contributed by atoms with Gasteiger partial charge in [-0.1, -0.05) is 56.0 Å². The lowest BCUT2D eigenvalue weighted by Crippen LogP contribution is -2.47. The summed E-state index contributed by atoms with van der Waals surface area (Å²) in [5.74, 6) is -0.827. The lowest BCUT2D eigenvalue weighted by Gasteiger charge is -2.27. The minimum Gasteiger partial charge on any atom is -0.493 e. The first-order valence-electron chi connectivity index (χ1n) is 14.9. The maximum absolute atomic E-state index is 13.6. The zero-order chi connectivity index (χ0) is 33.8. The monoisotopic (exact) mass is 661 g/mol. The summed E-state index contributed by atoms with van der Waals surface area (Å²) in [7, 11) is -5.76. The highest BCUT2D eigenvalue weighted by Gasteiger charge is 2.40. The molecule has 0 fully saturated rings. The predicted octanol–water partition coefficient (Wildman–Crippen LogP) is 6.11. The molecule has 0 radical (unpaired) electrons. The van der Waals surface area contributed by atoms with Crippen molar-refractivity contribution in [3.8, 4) is 5.75 Å². The van der Waals surface area contributed by atoms with Crippen molar-refractivity contribution in [3.63, 3.8) is 0 Å². The van der Waals surface area contributed by atoms with Gasteiger partial charge in [-0.3, -0.25) is 0 Å². The van der Waals surface area contributed by atoms with Crippen LogP contribution in [0.3, 0.4) is 0 Å². The first-order valence-corrected chi connectivity index (χ1v) is 20.0. The largest absolute Gasteiger partial charge is 0.493 e. The number of amides is 1. The van der Waals surface area contributed by atoms with Crippen molar-refractivity contribution in [1.29, 1.82) is 0 Å². The maximum atomic E-state index is 13.6. The van der Waals surface area contributed by atoms with Gasteiger partial charge in [-0.25, -0.2) is 18.2 Å². The Morgan fingerprint density at radius 2 is 1.56 bits per heavy atom. The van der Waals surface area contributed by atoms with E-state index in [0.29, 0.717) is 11.6 Å². The summed E-state index contributed by atoms with van der Waals surface area (Å²) >= 11 is 0. The van der Waals surface area contributed by atoms with E-state index in [4.69, 9.17) is 14.2 Å². The Bertz CT molecular complexity index is 1490. The number of ether oxygens (including phenoxy) is 3. The Kier molecular flexibility index (Phi) is 10.9. The van der Waals surface area contributed by atoms with Crippen LogP contribution in [-0.2, 0) is 37.5 Å². The lowest BCUT2D eigenvalue weighted by atomic mass is 10.0. The first-order chi connectivity index (χ1) is 20.6. The highest BCUT2D eigenvalue weighted by molar-refractivity contribution is 7.91. The van der Waals surface area contributed by atoms with Crippen molar-refractivity contribution < 1.29 is 37.3 Å². The molecule has 1 aliphatic heterocycles. The molecule has 2 N–H and O–H groups in total. The summed E-state index contributed by atoms with van der Waals surface area (Å²) < 4.78 is 46.4. The minimum atomic E-state index is -4.14. The molecule has 11 nitrogen and oxygen atoms in total. The van der Waals surface area contributed by atoms with E-state index in [2.05, 4.69) is 25.0 Å². The van der Waals surface area contributed by atoms with Gasteiger partial charge in [0.1, 0.15) is 35.3 Å². The molecule has 0 unspecified atom stereocenters. The summed E-state index contributed by atoms with van der Waals surface area (Å²) in [6.07, 6.45) is 0.391. The van der Waals surface area contributed by atoms with Crippen LogP contribution in [0.25, 0.3) is 0 Å². The van der Waals surface area contributed by atoms with Crippen LogP contribution in [0.4, 0.5) is 10.5 Å². The third kappa shape index (κ3) is 10.7. The molecule has 0 spiro atoms. The lowest BCUT2D eigenvalue weighted by molar-refractivity contribution is -0.157. The van der Waals surface area contributed by atoms with Crippen molar-refractivity contribution in [2.75, 3.05) is 10.8 Å². The number of nitrogens with one attached hydrogen (secondary N) is 1. The van der Waals surface area contributed by atoms with Crippen LogP contribution < -0.4 is 14.4 Å². The zero-order valence-corrected chi connectivity index (χ0v) is 29.5. The first kappa shape index (κ1) is 35.8. The molecule has 1 aliphatic rings. The summed E-state index contributed by atoms with van der Waals surface area (Å²) in [4.78, 5) is 25.8. The van der Waals surface area contributed by atoms with Gasteiger partial charge >= 0.3 is 22.3 Å². The molecule has 0 aromatic heterocycles. The zero-order valence-electron chi connectivity index (χ0n) is 27.7. The van der Waals surface area contributed by atoms with E-state index in [9.17, 15) is 23.1 Å². The molecule has 1 amide bonds. The molecular formula is C32H47N3O8SSi. The molecule has 0 bridgehead atoms. The van der Waals surface area contributed by atoms with Gasteiger partial charge in [-0.2, -0.15) is 8.42 Å². The Hall–Kier alpha value is -3.71. The summed E-state index contributed by atoms with van der Waals surface area (Å²) in [5, 5.41) is 13.3. The second-order valence-electron chi connectivity index (χ2n) is 14.2. The van der Waals surface area contributed by atoms with E-state index in [0.717, 1.165) is 20.4 Å². The molecule has 2 aromatic rings. The van der Waals surface area contributed by atoms with E-state index in [1.54, 1.807) is 59.7 Å². The second kappa shape index (κ2) is 13.7. The molecule has 0 saturated heterocycles. The number of anilines is 1. The van der Waals surface area contributed by atoms with E-state index in [1.165, 1.54) is 0 Å². The van der Waals surface area contributed by atoms with Crippen LogP contribution in [0.15, 0.2) is 60.6 Å². The van der Waals surface area contributed by atoms with Crippen LogP contribution in [0, 0.1) is 0 Å². The molecule has 248 valence electrons. The average Bonchev–Trinajstić information content (AvgIpc) is 3.11. The number of rotatable bonds is 11. The highest BCUT2D eigenvalue weighted by atomic mass is 32.2. The van der Waals surface area contributed by atoms with Crippen molar-refractivity contribution in [2.45, 2.75) is 97.5 Å². The Balaban J connectivity index is 1.99. The molecule has 0 aliphatic carbocycles. The average molecular weight is 662 g/mol. The van der Waals surface area contributed by atoms with Gasteiger partial charge < -0.3 is 24.6 Å². The van der Waals surface area contributed by atoms with E-state index in [-0.39, 0.29) is 36.9 Å². The number of nitrogens with zero attached hydrogens (tertiary/aromatic N) is 2. The molecule has 1 atom stereocenters. The molecule has 45 heavy (non-hydrogen) atoms. The van der Waals surface area contributed by atoms with Gasteiger partial charge in [0, 0.05) is 21.0 Å². The van der Waals surface area contributed by atoms with Crippen LogP contribution in [0.2, 0.25) is 25.7 Å². The number of hydrogen-bond donors (Lipinski definition) is 2. The molecule has 1 heterocycles. The van der Waals surface area contributed by atoms with Gasteiger partial charge in [0.2, 0.25) is 5.88 Å². The van der Waals surface area contributed by atoms with Gasteiger partial charge in [-0.05, 0) is 70.8 Å². The fourth-order valence-corrected chi connectivity index (χ4v) is 6.79. The smallest absolute Gasteiger partial charge is 0.408 e. The van der Waals surface area contributed by atoms with Crippen molar-refractivity contribution in [3.05, 3.63) is 71.7 Å². The van der Waals surface area contributed by atoms with Crippen LogP contribution in [0.5, 0.6) is 5.75 Å². The van der Waals surface area contributed by atoms with Gasteiger partial charge in [0.15, 0.2) is 0 Å². The molecular weight excluding hydrogens is 615 g/mol. The van der Waals surface area contributed by atoms with Crippen LogP contribution in [0.1, 0.15) is 52.7 Å². The number of aliphatic hydroxyl groups is 1. The summed E-state index contributed by atoms with van der Waals surface area (Å²) in [6.45, 7) is 17.0. The predicted molar refractivity (Wildman–Crippen MR) is 177 cm³/mol. The number of alkyl carbamates (subject to hydrolysis) is 1. The third-order valence-corrected chi connectivity index (χ3v) is 9.85. The standard InChI is InChI=1S/C32H47N3O8SSi/c1-31(2,3)42-29(37)25(33-30(38)43-32(4,5)6)19-24-15-16-26(27(20-24)41-22-23-13-11-10-12-14-23)35-21-28(36)34(44(35,39)40)17-18-45(7,8)9/h10-16,20-21,25,36H,17-19,22H2,1-9H3,(H,33,38)/t25-/m0/s1. The normalized spacial score (nSPS) is 15.7. The number of carbonyl (C=O) groups is 2. The quantitative estimate of drug-likeness (QED) is 0.218.